The van der Waals surface area contributed by atoms with Crippen molar-refractivity contribution in [3.8, 4) is 0 Å². The number of rotatable bonds is 9. The average molecular weight is 517 g/mol. The van der Waals surface area contributed by atoms with Gasteiger partial charge in [-0.25, -0.2) is 0 Å². The van der Waals surface area contributed by atoms with E-state index in [1.807, 2.05) is 0 Å². The van der Waals surface area contributed by atoms with E-state index >= 15 is 0 Å². The third-order valence-corrected chi connectivity index (χ3v) is 7.08. The molecule has 0 radical (unpaired) electrons. The van der Waals surface area contributed by atoms with Gasteiger partial charge in [0.2, 0.25) is 0 Å². The maximum Gasteiger partial charge on any atom is 0.0303 e. The average Bonchev–Trinajstić information content (AvgIpc) is 3.01. The highest BCUT2D eigenvalue weighted by molar-refractivity contribution is 5.84. The normalized spacial score (nSPS) is 10.8. The summed E-state index contributed by atoms with van der Waals surface area (Å²) in [4.78, 5) is 0. The molecule has 5 aromatic rings. The van der Waals surface area contributed by atoms with E-state index in [4.69, 9.17) is 0 Å². The van der Waals surface area contributed by atoms with E-state index < -0.39 is 5.41 Å². The van der Waals surface area contributed by atoms with Crippen LogP contribution in [-0.2, 0) is 6.42 Å². The number of allylic oxidation sites excluding steroid dienone is 4. The predicted octanol–water partition coefficient (Wildman–Crippen LogP) is 10.4. The van der Waals surface area contributed by atoms with E-state index in [-0.39, 0.29) is 0 Å². The van der Waals surface area contributed by atoms with Crippen molar-refractivity contribution < 1.29 is 0 Å². The highest BCUT2D eigenvalue weighted by Crippen LogP contribution is 2.40. The molecular formula is C40H36. The third-order valence-electron chi connectivity index (χ3n) is 7.08. The Kier molecular flexibility index (Phi) is 8.69. The molecule has 0 fully saturated rings. The zero-order chi connectivity index (χ0) is 27.6. The smallest absolute Gasteiger partial charge is 0.0303 e. The van der Waals surface area contributed by atoms with E-state index in [1.165, 1.54) is 44.5 Å². The zero-order valence-corrected chi connectivity index (χ0v) is 23.4. The quantitative estimate of drug-likeness (QED) is 0.171. The largest absolute Gasteiger partial charge is 0.0792 e. The number of benzene rings is 5. The fourth-order valence-corrected chi connectivity index (χ4v) is 5.44. The summed E-state index contributed by atoms with van der Waals surface area (Å²) in [6.07, 6.45) is 8.26. The second-order valence-electron chi connectivity index (χ2n) is 10.6. The van der Waals surface area contributed by atoms with Gasteiger partial charge in [0.25, 0.3) is 0 Å². The summed E-state index contributed by atoms with van der Waals surface area (Å²) in [6.45, 7) is 4.41. The molecule has 40 heavy (non-hydrogen) atoms. The van der Waals surface area contributed by atoms with Crippen molar-refractivity contribution in [3.05, 3.63) is 203 Å². The maximum absolute atomic E-state index is 2.49. The Morgan fingerprint density at radius 3 is 1.02 bits per heavy atom. The lowest BCUT2D eigenvalue weighted by Gasteiger charge is -2.29. The first kappa shape index (κ1) is 26.9. The van der Waals surface area contributed by atoms with Crippen LogP contribution in [0.15, 0.2) is 175 Å². The molecule has 0 aliphatic heterocycles. The molecule has 5 aromatic carbocycles. The number of hydrogen-bond donors (Lipinski definition) is 0. The first-order valence-electron chi connectivity index (χ1n) is 14.0. The minimum atomic E-state index is -0.401. The van der Waals surface area contributed by atoms with Gasteiger partial charge in [0.1, 0.15) is 0 Å². The maximum atomic E-state index is 2.49. The van der Waals surface area contributed by atoms with Crippen LogP contribution < -0.4 is 0 Å². The van der Waals surface area contributed by atoms with E-state index in [1.54, 1.807) is 0 Å². The molecule has 0 heterocycles. The fraction of sp³-hybridized carbons (Fsp3) is 0.100. The van der Waals surface area contributed by atoms with Crippen LogP contribution in [0.3, 0.4) is 0 Å². The topological polar surface area (TPSA) is 0 Å². The van der Waals surface area contributed by atoms with Crippen molar-refractivity contribution in [2.45, 2.75) is 20.3 Å². The first-order valence-corrected chi connectivity index (χ1v) is 14.0. The summed E-state index contributed by atoms with van der Waals surface area (Å²) in [5.74, 6) is 0. The van der Waals surface area contributed by atoms with Crippen molar-refractivity contribution in [2.75, 3.05) is 0 Å². The van der Waals surface area contributed by atoms with Crippen molar-refractivity contribution in [3.63, 3.8) is 0 Å². The summed E-state index contributed by atoms with van der Waals surface area (Å²) in [7, 11) is 0. The van der Waals surface area contributed by atoms with Crippen LogP contribution in [0.4, 0.5) is 0 Å². The van der Waals surface area contributed by atoms with Crippen LogP contribution in [0.5, 0.6) is 0 Å². The molecule has 0 aliphatic carbocycles. The van der Waals surface area contributed by atoms with Crippen molar-refractivity contribution in [1.29, 1.82) is 0 Å². The van der Waals surface area contributed by atoms with Crippen LogP contribution in [-0.4, -0.2) is 0 Å². The first-order chi connectivity index (χ1) is 19.6. The summed E-state index contributed by atoms with van der Waals surface area (Å²) < 4.78 is 0. The molecule has 0 amide bonds. The molecule has 5 rings (SSSR count). The van der Waals surface area contributed by atoms with Crippen molar-refractivity contribution in [2.24, 2.45) is 5.41 Å². The van der Waals surface area contributed by atoms with E-state index in [2.05, 4.69) is 184 Å². The highest BCUT2D eigenvalue weighted by atomic mass is 14.3. The van der Waals surface area contributed by atoms with Crippen molar-refractivity contribution in [1.82, 2.24) is 0 Å². The van der Waals surface area contributed by atoms with Gasteiger partial charge in [-0.3, -0.25) is 0 Å². The molecule has 0 aliphatic rings. The Labute approximate surface area is 239 Å². The zero-order valence-electron chi connectivity index (χ0n) is 23.4. The van der Waals surface area contributed by atoms with Crippen LogP contribution in [0.1, 0.15) is 41.7 Å². The van der Waals surface area contributed by atoms with Gasteiger partial charge >= 0.3 is 0 Å². The molecule has 0 bridgehead atoms. The van der Waals surface area contributed by atoms with Gasteiger partial charge < -0.3 is 0 Å². The van der Waals surface area contributed by atoms with Gasteiger partial charge in [-0.1, -0.05) is 175 Å². The summed E-state index contributed by atoms with van der Waals surface area (Å²) in [6, 6.07) is 53.9. The minimum Gasteiger partial charge on any atom is -0.0792 e. The molecule has 0 N–H and O–H groups in total. The van der Waals surface area contributed by atoms with E-state index in [9.17, 15) is 0 Å². The summed E-state index contributed by atoms with van der Waals surface area (Å²) >= 11 is 0. The van der Waals surface area contributed by atoms with Gasteiger partial charge in [-0.05, 0) is 59.2 Å². The Balaban J connectivity index is 1.84. The molecule has 0 saturated heterocycles. The Bertz CT molecular complexity index is 1390. The molecule has 0 nitrogen and oxygen atoms in total. The molecule has 0 aromatic heterocycles. The molecule has 0 saturated carbocycles. The third kappa shape index (κ3) is 6.84. The lowest BCUT2D eigenvalue weighted by Crippen LogP contribution is -2.18. The second-order valence-corrected chi connectivity index (χ2v) is 10.6. The molecule has 0 spiro atoms. The molecule has 0 heteroatoms. The Morgan fingerprint density at radius 1 is 0.425 bits per heavy atom. The summed E-state index contributed by atoms with van der Waals surface area (Å²) in [5, 5.41) is 0. The standard InChI is InChI=1S/C40H36/c1-32(2)28-40(29-33-18-8-3-9-19-33,30-38(34-20-10-4-11-21-34)35-22-12-5-13-23-35)31-39(36-24-14-6-15-25-36)37-26-16-7-17-27-37/h3-28,30-31H,29H2,1-2H3. The van der Waals surface area contributed by atoms with Gasteiger partial charge in [-0.2, -0.15) is 0 Å². The second kappa shape index (κ2) is 12.9. The minimum absolute atomic E-state index is 0.401. The van der Waals surface area contributed by atoms with Gasteiger partial charge in [0, 0.05) is 5.41 Å². The molecule has 0 unspecified atom stereocenters. The molecule has 0 atom stereocenters. The predicted molar refractivity (Wildman–Crippen MR) is 172 cm³/mol. The summed E-state index contributed by atoms with van der Waals surface area (Å²) in [5.41, 5.74) is 9.48. The van der Waals surface area contributed by atoms with Crippen LogP contribution in [0.25, 0.3) is 11.1 Å². The molecular weight excluding hydrogens is 480 g/mol. The Morgan fingerprint density at radius 2 is 0.725 bits per heavy atom. The Hall–Kier alpha value is -4.68. The fourth-order valence-electron chi connectivity index (χ4n) is 5.44. The van der Waals surface area contributed by atoms with Gasteiger partial charge in [-0.15, -0.1) is 0 Å². The van der Waals surface area contributed by atoms with E-state index in [0.29, 0.717) is 0 Å². The van der Waals surface area contributed by atoms with Crippen molar-refractivity contribution >= 4 is 11.1 Å². The van der Waals surface area contributed by atoms with Crippen LogP contribution in [0, 0.1) is 5.41 Å². The number of hydrogen-bond acceptors (Lipinski definition) is 0. The van der Waals surface area contributed by atoms with Crippen LogP contribution in [0.2, 0.25) is 0 Å². The monoisotopic (exact) mass is 516 g/mol. The highest BCUT2D eigenvalue weighted by Gasteiger charge is 2.27. The van der Waals surface area contributed by atoms with Gasteiger partial charge in [0.15, 0.2) is 0 Å². The van der Waals surface area contributed by atoms with E-state index in [0.717, 1.165) is 6.42 Å². The van der Waals surface area contributed by atoms with Crippen LogP contribution >= 0.6 is 0 Å². The lowest BCUT2D eigenvalue weighted by molar-refractivity contribution is 0.622. The van der Waals surface area contributed by atoms with Gasteiger partial charge in [0.05, 0.1) is 0 Å². The SMILES string of the molecule is CC(C)=CC(C=C(c1ccccc1)c1ccccc1)(C=C(c1ccccc1)c1ccccc1)Cc1ccccc1. The molecule has 196 valence electrons. The lowest BCUT2D eigenvalue weighted by atomic mass is 9.74.